The van der Waals surface area contributed by atoms with Gasteiger partial charge in [-0.05, 0) is 72.3 Å². The number of nitrogens with one attached hydrogen (secondary N) is 5. The molecular weight excluding hydrogens is 576 g/mol. The second-order valence-corrected chi connectivity index (χ2v) is 11.6. The summed E-state index contributed by atoms with van der Waals surface area (Å²) in [4.78, 5) is 89.4. The zero-order valence-electron chi connectivity index (χ0n) is 26.5. The van der Waals surface area contributed by atoms with E-state index in [1.54, 1.807) is 13.8 Å². The Labute approximate surface area is 258 Å². The molecule has 0 aliphatic carbocycles. The third-order valence-electron chi connectivity index (χ3n) is 7.29. The first kappa shape index (κ1) is 38.2. The number of hydrogen-bond acceptors (Lipinski definition) is 9. The van der Waals surface area contributed by atoms with Crippen LogP contribution in [0.25, 0.3) is 0 Å². The lowest BCUT2D eigenvalue weighted by molar-refractivity contribution is -0.142. The first-order valence-electron chi connectivity index (χ1n) is 15.0. The summed E-state index contributed by atoms with van der Waals surface area (Å²) in [5.41, 5.74) is 11.0. The molecule has 1 rings (SSSR count). The van der Waals surface area contributed by atoms with Gasteiger partial charge in [0.05, 0.1) is 6.04 Å². The summed E-state index contributed by atoms with van der Waals surface area (Å²) >= 11 is 0. The maximum atomic E-state index is 13.2. The number of aliphatic carboxylic acids is 1. The van der Waals surface area contributed by atoms with Crippen LogP contribution in [0.1, 0.15) is 73.6 Å². The molecule has 7 atom stereocenters. The Kier molecular flexibility index (Phi) is 15.7. The molecule has 16 heteroatoms. The van der Waals surface area contributed by atoms with Crippen LogP contribution in [0.3, 0.4) is 0 Å². The van der Waals surface area contributed by atoms with Crippen LogP contribution in [0.4, 0.5) is 0 Å². The predicted octanol–water partition coefficient (Wildman–Crippen LogP) is -2.32. The van der Waals surface area contributed by atoms with Gasteiger partial charge in [-0.3, -0.25) is 28.8 Å². The molecule has 10 N–H and O–H groups in total. The lowest BCUT2D eigenvalue weighted by Crippen LogP contribution is -2.59. The van der Waals surface area contributed by atoms with E-state index >= 15 is 0 Å². The minimum Gasteiger partial charge on any atom is -0.480 e. The van der Waals surface area contributed by atoms with Gasteiger partial charge in [0, 0.05) is 6.54 Å². The lowest BCUT2D eigenvalue weighted by atomic mass is 10.0. The number of nitrogens with zero attached hydrogens (tertiary/aromatic N) is 1. The van der Waals surface area contributed by atoms with Crippen molar-refractivity contribution in [3.63, 3.8) is 0 Å². The fraction of sp³-hybridized carbons (Fsp3) is 0.750. The summed E-state index contributed by atoms with van der Waals surface area (Å²) in [5, 5.41) is 22.0. The number of carboxylic acid groups (broad SMARTS) is 1. The van der Waals surface area contributed by atoms with Crippen molar-refractivity contribution in [3.05, 3.63) is 0 Å². The Bertz CT molecular complexity index is 1050. The lowest BCUT2D eigenvalue weighted by Gasteiger charge is -2.30. The highest BCUT2D eigenvalue weighted by Crippen LogP contribution is 2.19. The van der Waals surface area contributed by atoms with Crippen molar-refractivity contribution in [1.29, 1.82) is 0 Å². The molecule has 0 aromatic rings. The molecule has 0 spiro atoms. The molecule has 7 unspecified atom stereocenters. The van der Waals surface area contributed by atoms with Crippen LogP contribution >= 0.6 is 0 Å². The van der Waals surface area contributed by atoms with Crippen molar-refractivity contribution >= 4 is 41.4 Å². The molecule has 6 amide bonds. The Morgan fingerprint density at radius 3 is 1.84 bits per heavy atom. The molecule has 0 aromatic heterocycles. The van der Waals surface area contributed by atoms with E-state index in [-0.39, 0.29) is 12.3 Å². The molecule has 1 heterocycles. The fourth-order valence-corrected chi connectivity index (χ4v) is 4.56. The zero-order chi connectivity index (χ0) is 33.7. The number of carbonyl (C=O) groups excluding carboxylic acids is 6. The molecule has 1 aliphatic rings. The highest BCUT2D eigenvalue weighted by atomic mass is 16.4. The van der Waals surface area contributed by atoms with Gasteiger partial charge in [0.1, 0.15) is 36.3 Å². The monoisotopic (exact) mass is 626 g/mol. The number of carbonyl (C=O) groups is 7. The maximum Gasteiger partial charge on any atom is 0.326 e. The van der Waals surface area contributed by atoms with E-state index < -0.39 is 83.7 Å². The molecule has 0 bridgehead atoms. The third kappa shape index (κ3) is 11.7. The zero-order valence-corrected chi connectivity index (χ0v) is 26.5. The molecule has 0 saturated carbocycles. The topological polar surface area (TPSA) is 255 Å². The molecule has 0 radical (unpaired) electrons. The van der Waals surface area contributed by atoms with Crippen molar-refractivity contribution in [2.45, 2.75) is 116 Å². The van der Waals surface area contributed by atoms with Gasteiger partial charge >= 0.3 is 5.97 Å². The van der Waals surface area contributed by atoms with Gasteiger partial charge < -0.3 is 48.1 Å². The van der Waals surface area contributed by atoms with E-state index in [9.17, 15) is 38.7 Å². The van der Waals surface area contributed by atoms with Crippen LogP contribution in [0.2, 0.25) is 0 Å². The Balaban J connectivity index is 2.78. The van der Waals surface area contributed by atoms with Crippen molar-refractivity contribution in [2.24, 2.45) is 17.4 Å². The van der Waals surface area contributed by atoms with E-state index in [0.717, 1.165) is 0 Å². The van der Waals surface area contributed by atoms with Crippen LogP contribution in [0, 0.1) is 5.92 Å². The summed E-state index contributed by atoms with van der Waals surface area (Å²) in [6, 6.07) is -6.93. The molecule has 250 valence electrons. The normalized spacial score (nSPS) is 18.7. The first-order valence-corrected chi connectivity index (χ1v) is 15.0. The van der Waals surface area contributed by atoms with Crippen molar-refractivity contribution < 1.29 is 38.7 Å². The average molecular weight is 627 g/mol. The van der Waals surface area contributed by atoms with E-state index in [0.29, 0.717) is 38.8 Å². The Hall–Kier alpha value is -3.79. The maximum absolute atomic E-state index is 13.2. The van der Waals surface area contributed by atoms with Gasteiger partial charge in [-0.15, -0.1) is 0 Å². The van der Waals surface area contributed by atoms with Crippen LogP contribution in [0.5, 0.6) is 0 Å². The summed E-state index contributed by atoms with van der Waals surface area (Å²) in [5.74, 6) is -5.13. The van der Waals surface area contributed by atoms with Crippen molar-refractivity contribution in [2.75, 3.05) is 13.1 Å². The second-order valence-electron chi connectivity index (χ2n) is 11.6. The van der Waals surface area contributed by atoms with Gasteiger partial charge in [0.2, 0.25) is 35.4 Å². The standard InChI is InChI=1S/C28H50N8O8/c1-14(2)21(35-25(40)20-11-9-13-36(20)27(42)18(6)33-22(37)15(3)30)26(41)32-16(4)23(38)31-17(5)24(39)34-19(28(43)44)10-7-8-12-29/h14-21H,7-13,29-30H2,1-6H3,(H,31,38)(H,32,41)(H,33,37)(H,34,39)(H,35,40)(H,43,44). The number of rotatable bonds is 17. The van der Waals surface area contributed by atoms with Crippen molar-refractivity contribution in [3.8, 4) is 0 Å². The average Bonchev–Trinajstić information content (AvgIpc) is 3.44. The van der Waals surface area contributed by atoms with Crippen LogP contribution < -0.4 is 38.1 Å². The molecule has 16 nitrogen and oxygen atoms in total. The van der Waals surface area contributed by atoms with Gasteiger partial charge in [-0.2, -0.15) is 0 Å². The first-order chi connectivity index (χ1) is 20.5. The number of carboxylic acids is 1. The van der Waals surface area contributed by atoms with Gasteiger partial charge in [-0.1, -0.05) is 13.8 Å². The highest BCUT2D eigenvalue weighted by molar-refractivity contribution is 5.97. The second kappa shape index (κ2) is 18.1. The predicted molar refractivity (Wildman–Crippen MR) is 160 cm³/mol. The largest absolute Gasteiger partial charge is 0.480 e. The van der Waals surface area contributed by atoms with Gasteiger partial charge in [0.25, 0.3) is 0 Å². The van der Waals surface area contributed by atoms with Crippen LogP contribution in [-0.4, -0.2) is 107 Å². The summed E-state index contributed by atoms with van der Waals surface area (Å²) < 4.78 is 0. The summed E-state index contributed by atoms with van der Waals surface area (Å²) in [7, 11) is 0. The third-order valence-corrected chi connectivity index (χ3v) is 7.29. The Morgan fingerprint density at radius 2 is 1.32 bits per heavy atom. The minimum atomic E-state index is -1.20. The molecular formula is C28H50N8O8. The quantitative estimate of drug-likeness (QED) is 0.0800. The SMILES string of the molecule is CC(N)C(=O)NC(C)C(=O)N1CCCC1C(=O)NC(C(=O)NC(C)C(=O)NC(C)C(=O)NC(CCCCN)C(=O)O)C(C)C. The summed E-state index contributed by atoms with van der Waals surface area (Å²) in [6.07, 6.45) is 2.22. The molecule has 1 aliphatic heterocycles. The van der Waals surface area contributed by atoms with Gasteiger partial charge in [0.15, 0.2) is 0 Å². The fourth-order valence-electron chi connectivity index (χ4n) is 4.56. The number of likely N-dealkylation sites (tertiary alicyclic amines) is 1. The smallest absolute Gasteiger partial charge is 0.326 e. The molecule has 1 saturated heterocycles. The van der Waals surface area contributed by atoms with Crippen molar-refractivity contribution in [1.82, 2.24) is 31.5 Å². The molecule has 0 aromatic carbocycles. The van der Waals surface area contributed by atoms with E-state index in [2.05, 4.69) is 26.6 Å². The van der Waals surface area contributed by atoms with E-state index in [1.807, 2.05) is 0 Å². The number of amides is 6. The number of unbranched alkanes of at least 4 members (excludes halogenated alkanes) is 1. The number of hydrogen-bond donors (Lipinski definition) is 8. The van der Waals surface area contributed by atoms with Gasteiger partial charge in [-0.25, -0.2) is 4.79 Å². The summed E-state index contributed by atoms with van der Waals surface area (Å²) in [6.45, 7) is 9.89. The van der Waals surface area contributed by atoms with Crippen LogP contribution in [-0.2, 0) is 33.6 Å². The van der Waals surface area contributed by atoms with E-state index in [1.165, 1.54) is 32.6 Å². The highest BCUT2D eigenvalue weighted by Gasteiger charge is 2.38. The number of nitrogens with two attached hydrogens (primary N) is 2. The Morgan fingerprint density at radius 1 is 0.773 bits per heavy atom. The van der Waals surface area contributed by atoms with E-state index in [4.69, 9.17) is 11.5 Å². The molecule has 1 fully saturated rings. The minimum absolute atomic E-state index is 0.184. The van der Waals surface area contributed by atoms with Crippen LogP contribution in [0.15, 0.2) is 0 Å². The molecule has 44 heavy (non-hydrogen) atoms.